The van der Waals surface area contributed by atoms with Gasteiger partial charge in [-0.15, -0.1) is 0 Å². The number of rotatable bonds is 3. The van der Waals surface area contributed by atoms with E-state index in [9.17, 15) is 18.0 Å². The smallest absolute Gasteiger partial charge is 0.365 e. The summed E-state index contributed by atoms with van der Waals surface area (Å²) in [6.45, 7) is 3.26. The fraction of sp³-hybridized carbons (Fsp3) is 0.600. The molecule has 6 nitrogen and oxygen atoms in total. The van der Waals surface area contributed by atoms with E-state index in [1.54, 1.807) is 11.0 Å². The van der Waals surface area contributed by atoms with Crippen molar-refractivity contribution in [2.75, 3.05) is 33.0 Å². The Morgan fingerprint density at radius 2 is 1.87 bits per heavy atom. The average molecular weight is 443 g/mol. The summed E-state index contributed by atoms with van der Waals surface area (Å²) in [5, 5.41) is 4.00. The van der Waals surface area contributed by atoms with E-state index >= 15 is 0 Å². The molecule has 0 unspecified atom stereocenters. The van der Waals surface area contributed by atoms with Crippen molar-refractivity contribution in [3.8, 4) is 0 Å². The summed E-state index contributed by atoms with van der Waals surface area (Å²) >= 11 is 6.40. The van der Waals surface area contributed by atoms with E-state index in [-0.39, 0.29) is 22.2 Å². The molecule has 2 aromatic heterocycles. The molecule has 0 aromatic carbocycles. The molecule has 0 atom stereocenters. The first-order chi connectivity index (χ1) is 14.3. The van der Waals surface area contributed by atoms with Crippen LogP contribution in [0, 0.1) is 0 Å². The summed E-state index contributed by atoms with van der Waals surface area (Å²) in [5.74, 6) is -0.296. The zero-order valence-corrected chi connectivity index (χ0v) is 17.0. The molecule has 162 valence electrons. The minimum atomic E-state index is -4.59. The first-order valence-electron chi connectivity index (χ1n) is 10.2. The number of nitrogens with zero attached hydrogens (tertiary/aromatic N) is 4. The Morgan fingerprint density at radius 1 is 1.13 bits per heavy atom. The third-order valence-corrected chi connectivity index (χ3v) is 6.66. The van der Waals surface area contributed by atoms with E-state index in [1.807, 2.05) is 0 Å². The number of fused-ring (bicyclic) bond motifs is 1. The predicted molar refractivity (Wildman–Crippen MR) is 104 cm³/mol. The summed E-state index contributed by atoms with van der Waals surface area (Å²) in [5.41, 5.74) is -0.265. The number of aromatic nitrogens is 2. The SMILES string of the molecule is O=C(c1nn2c(C(F)(F)F)cc(C3CC3)cc2c1Cl)N1CCC(N2CCOC2)CC1. The molecule has 0 N–H and O–H groups in total. The molecule has 30 heavy (non-hydrogen) atoms. The maximum atomic E-state index is 13.7. The minimum absolute atomic E-state index is 0.0110. The van der Waals surface area contributed by atoms with Crippen LogP contribution in [0.15, 0.2) is 12.1 Å². The maximum absolute atomic E-state index is 13.7. The second kappa shape index (κ2) is 7.39. The molecular weight excluding hydrogens is 421 g/mol. The Kier molecular flexibility index (Phi) is 4.95. The molecule has 3 fully saturated rings. The summed E-state index contributed by atoms with van der Waals surface area (Å²) < 4.78 is 47.1. The van der Waals surface area contributed by atoms with Crippen molar-refractivity contribution in [1.82, 2.24) is 19.4 Å². The maximum Gasteiger partial charge on any atom is 0.433 e. The van der Waals surface area contributed by atoms with Crippen molar-refractivity contribution in [2.24, 2.45) is 0 Å². The van der Waals surface area contributed by atoms with Crippen molar-refractivity contribution >= 4 is 23.0 Å². The normalized spacial score (nSPS) is 21.7. The van der Waals surface area contributed by atoms with Crippen molar-refractivity contribution in [1.29, 1.82) is 0 Å². The molecule has 0 bridgehead atoms. The van der Waals surface area contributed by atoms with Crippen LogP contribution in [0.4, 0.5) is 13.2 Å². The van der Waals surface area contributed by atoms with Crippen LogP contribution in [0.1, 0.15) is 53.3 Å². The van der Waals surface area contributed by atoms with Gasteiger partial charge in [0.25, 0.3) is 5.91 Å². The zero-order valence-electron chi connectivity index (χ0n) is 16.3. The van der Waals surface area contributed by atoms with Gasteiger partial charge in [0.05, 0.1) is 23.9 Å². The van der Waals surface area contributed by atoms with E-state index < -0.39 is 17.8 Å². The molecule has 10 heteroatoms. The van der Waals surface area contributed by atoms with Crippen LogP contribution in [-0.2, 0) is 10.9 Å². The predicted octanol–water partition coefficient (Wildman–Crippen LogP) is 3.78. The second-order valence-corrected chi connectivity index (χ2v) is 8.66. The summed E-state index contributed by atoms with van der Waals surface area (Å²) in [6.07, 6.45) is -1.28. The first-order valence-corrected chi connectivity index (χ1v) is 10.6. The van der Waals surface area contributed by atoms with Gasteiger partial charge in [0.2, 0.25) is 0 Å². The molecule has 2 aliphatic heterocycles. The number of halogens is 4. The number of amides is 1. The number of piperidine rings is 1. The standard InChI is InChI=1S/C20H22ClF3N4O2/c21-17-15-9-13(12-1-2-12)10-16(20(22,23)24)28(15)25-18(17)19(29)26-5-3-14(4-6-26)27-7-8-30-11-27/h9-10,12,14H,1-8,11H2. The van der Waals surface area contributed by atoms with Gasteiger partial charge in [-0.3, -0.25) is 9.69 Å². The highest BCUT2D eigenvalue weighted by Crippen LogP contribution is 2.43. The van der Waals surface area contributed by atoms with Crippen molar-refractivity contribution in [2.45, 2.75) is 43.8 Å². The summed E-state index contributed by atoms with van der Waals surface area (Å²) in [4.78, 5) is 17.0. The number of ether oxygens (including phenoxy) is 1. The number of likely N-dealkylation sites (tertiary alicyclic amines) is 1. The van der Waals surface area contributed by atoms with Gasteiger partial charge in [-0.1, -0.05) is 11.6 Å². The van der Waals surface area contributed by atoms with Crippen molar-refractivity contribution < 1.29 is 22.7 Å². The monoisotopic (exact) mass is 442 g/mol. The quantitative estimate of drug-likeness (QED) is 0.726. The van der Waals surface area contributed by atoms with Crippen LogP contribution in [0.3, 0.4) is 0 Å². The lowest BCUT2D eigenvalue weighted by Gasteiger charge is -2.35. The van der Waals surface area contributed by atoms with Crippen LogP contribution < -0.4 is 0 Å². The van der Waals surface area contributed by atoms with Gasteiger partial charge in [-0.25, -0.2) is 4.52 Å². The molecule has 1 saturated carbocycles. The van der Waals surface area contributed by atoms with Crippen LogP contribution in [0.25, 0.3) is 5.52 Å². The molecule has 4 heterocycles. The molecule has 2 saturated heterocycles. The molecule has 5 rings (SSSR count). The lowest BCUT2D eigenvalue weighted by Crippen LogP contribution is -2.46. The number of carbonyl (C=O) groups is 1. The van der Waals surface area contributed by atoms with Crippen LogP contribution >= 0.6 is 11.6 Å². The first kappa shape index (κ1) is 20.1. The van der Waals surface area contributed by atoms with E-state index in [0.29, 0.717) is 31.4 Å². The zero-order chi connectivity index (χ0) is 21.0. The van der Waals surface area contributed by atoms with Crippen molar-refractivity contribution in [3.05, 3.63) is 34.1 Å². The van der Waals surface area contributed by atoms with E-state index in [4.69, 9.17) is 16.3 Å². The highest BCUT2D eigenvalue weighted by molar-refractivity contribution is 6.36. The topological polar surface area (TPSA) is 50.1 Å². The highest BCUT2D eigenvalue weighted by Gasteiger charge is 2.38. The molecule has 1 aliphatic carbocycles. The van der Waals surface area contributed by atoms with E-state index in [0.717, 1.165) is 49.4 Å². The van der Waals surface area contributed by atoms with Gasteiger partial charge in [0.15, 0.2) is 5.69 Å². The van der Waals surface area contributed by atoms with E-state index in [2.05, 4.69) is 10.00 Å². The van der Waals surface area contributed by atoms with Gasteiger partial charge >= 0.3 is 6.18 Å². The Labute approximate surface area is 176 Å². The fourth-order valence-electron chi connectivity index (χ4n) is 4.43. The van der Waals surface area contributed by atoms with Crippen LogP contribution in [-0.4, -0.2) is 64.3 Å². The van der Waals surface area contributed by atoms with Gasteiger partial charge in [0.1, 0.15) is 5.69 Å². The Hall–Kier alpha value is -1.84. The number of carbonyl (C=O) groups excluding carboxylic acids is 1. The molecule has 3 aliphatic rings. The van der Waals surface area contributed by atoms with Crippen molar-refractivity contribution in [3.63, 3.8) is 0 Å². The van der Waals surface area contributed by atoms with E-state index in [1.165, 1.54) is 0 Å². The third kappa shape index (κ3) is 3.56. The molecule has 1 amide bonds. The fourth-order valence-corrected chi connectivity index (χ4v) is 4.68. The lowest BCUT2D eigenvalue weighted by molar-refractivity contribution is -0.142. The average Bonchev–Trinajstić information content (AvgIpc) is 3.33. The third-order valence-electron chi connectivity index (χ3n) is 6.29. The molecule has 2 aromatic rings. The summed E-state index contributed by atoms with van der Waals surface area (Å²) in [6, 6.07) is 3.12. The molecular formula is C20H22ClF3N4O2. The largest absolute Gasteiger partial charge is 0.433 e. The molecule has 0 radical (unpaired) electrons. The number of hydrogen-bond acceptors (Lipinski definition) is 4. The number of hydrogen-bond donors (Lipinski definition) is 0. The second-order valence-electron chi connectivity index (χ2n) is 8.28. The Balaban J connectivity index is 1.43. The Bertz CT molecular complexity index is 975. The number of alkyl halides is 3. The van der Waals surface area contributed by atoms with Gasteiger partial charge < -0.3 is 9.64 Å². The van der Waals surface area contributed by atoms with Crippen LogP contribution in [0.5, 0.6) is 0 Å². The van der Waals surface area contributed by atoms with Gasteiger partial charge in [-0.05, 0) is 49.3 Å². The van der Waals surface area contributed by atoms with Gasteiger partial charge in [-0.2, -0.15) is 18.3 Å². The number of pyridine rings is 1. The van der Waals surface area contributed by atoms with Gasteiger partial charge in [0, 0.05) is 25.7 Å². The molecule has 0 spiro atoms. The highest BCUT2D eigenvalue weighted by atomic mass is 35.5. The summed E-state index contributed by atoms with van der Waals surface area (Å²) in [7, 11) is 0. The lowest BCUT2D eigenvalue weighted by atomic mass is 10.0. The van der Waals surface area contributed by atoms with Crippen LogP contribution in [0.2, 0.25) is 5.02 Å². The Morgan fingerprint density at radius 3 is 2.47 bits per heavy atom. The minimum Gasteiger partial charge on any atom is -0.365 e.